The molecule has 1 aliphatic rings. The summed E-state index contributed by atoms with van der Waals surface area (Å²) >= 11 is 0. The van der Waals surface area contributed by atoms with Gasteiger partial charge in [-0.1, -0.05) is 0 Å². The molecule has 0 aromatic carbocycles. The maximum atomic E-state index is 11.3. The Balaban J connectivity index is 2.63. The first kappa shape index (κ1) is 9.98. The quantitative estimate of drug-likeness (QED) is 0.588. The fourth-order valence-corrected chi connectivity index (χ4v) is 1.37. The highest BCUT2D eigenvalue weighted by molar-refractivity contribution is 5.80. The number of rotatable bonds is 2. The first-order valence-electron chi connectivity index (χ1n) is 4.36. The number of hydrogen-bond donors (Lipinski definition) is 2. The number of carbonyl (C=O) groups excluding carboxylic acids is 1. The SMILES string of the molecule is CCN1CC(C(=O)O)CNCC1=O. The third kappa shape index (κ3) is 2.42. The van der Waals surface area contributed by atoms with Crippen molar-refractivity contribution in [3.05, 3.63) is 0 Å². The van der Waals surface area contributed by atoms with Gasteiger partial charge in [-0.05, 0) is 6.92 Å². The van der Waals surface area contributed by atoms with Crippen LogP contribution >= 0.6 is 0 Å². The van der Waals surface area contributed by atoms with E-state index in [0.717, 1.165) is 0 Å². The van der Waals surface area contributed by atoms with Gasteiger partial charge in [-0.25, -0.2) is 0 Å². The topological polar surface area (TPSA) is 69.6 Å². The summed E-state index contributed by atoms with van der Waals surface area (Å²) in [7, 11) is 0. The molecule has 1 fully saturated rings. The first-order valence-corrected chi connectivity index (χ1v) is 4.36. The van der Waals surface area contributed by atoms with E-state index in [9.17, 15) is 9.59 Å². The Morgan fingerprint density at radius 2 is 2.46 bits per heavy atom. The van der Waals surface area contributed by atoms with Crippen molar-refractivity contribution in [2.24, 2.45) is 5.92 Å². The smallest absolute Gasteiger partial charge is 0.309 e. The molecule has 0 aromatic rings. The zero-order valence-corrected chi connectivity index (χ0v) is 7.62. The van der Waals surface area contributed by atoms with Gasteiger partial charge in [-0.15, -0.1) is 0 Å². The van der Waals surface area contributed by atoms with Crippen LogP contribution in [-0.2, 0) is 9.59 Å². The molecule has 0 saturated carbocycles. The lowest BCUT2D eigenvalue weighted by atomic mass is 10.1. The second-order valence-electron chi connectivity index (χ2n) is 3.10. The minimum atomic E-state index is -0.847. The Kier molecular flexibility index (Phi) is 3.25. The zero-order valence-electron chi connectivity index (χ0n) is 7.62. The number of likely N-dealkylation sites (N-methyl/N-ethyl adjacent to an activating group) is 1. The van der Waals surface area contributed by atoms with Crippen LogP contribution < -0.4 is 5.32 Å². The monoisotopic (exact) mass is 186 g/mol. The molecule has 2 N–H and O–H groups in total. The number of carboxylic acid groups (broad SMARTS) is 1. The summed E-state index contributed by atoms with van der Waals surface area (Å²) in [4.78, 5) is 23.5. The number of hydrogen-bond acceptors (Lipinski definition) is 3. The number of nitrogens with zero attached hydrogens (tertiary/aromatic N) is 1. The van der Waals surface area contributed by atoms with Gasteiger partial charge in [0.15, 0.2) is 0 Å². The standard InChI is InChI=1S/C8H14N2O3/c1-2-10-5-6(8(12)13)3-9-4-7(10)11/h6,9H,2-5H2,1H3,(H,12,13). The van der Waals surface area contributed by atoms with E-state index < -0.39 is 11.9 Å². The van der Waals surface area contributed by atoms with E-state index in [-0.39, 0.29) is 12.5 Å². The van der Waals surface area contributed by atoms with E-state index in [2.05, 4.69) is 5.32 Å². The molecule has 0 bridgehead atoms. The van der Waals surface area contributed by atoms with E-state index >= 15 is 0 Å². The predicted molar refractivity (Wildman–Crippen MR) is 46.2 cm³/mol. The van der Waals surface area contributed by atoms with Crippen molar-refractivity contribution in [3.8, 4) is 0 Å². The average molecular weight is 186 g/mol. The molecule has 1 amide bonds. The molecule has 1 aliphatic heterocycles. The van der Waals surface area contributed by atoms with Gasteiger partial charge in [0, 0.05) is 19.6 Å². The summed E-state index contributed by atoms with van der Waals surface area (Å²) < 4.78 is 0. The third-order valence-corrected chi connectivity index (χ3v) is 2.19. The van der Waals surface area contributed by atoms with Crippen LogP contribution in [0.5, 0.6) is 0 Å². The predicted octanol–water partition coefficient (Wildman–Crippen LogP) is -0.861. The highest BCUT2D eigenvalue weighted by Crippen LogP contribution is 2.04. The molecule has 5 heteroatoms. The van der Waals surface area contributed by atoms with Gasteiger partial charge < -0.3 is 15.3 Å². The fourth-order valence-electron chi connectivity index (χ4n) is 1.37. The molecular formula is C8H14N2O3. The van der Waals surface area contributed by atoms with Gasteiger partial charge in [0.1, 0.15) is 0 Å². The molecule has 1 atom stereocenters. The van der Waals surface area contributed by atoms with Crippen molar-refractivity contribution in [2.75, 3.05) is 26.2 Å². The van der Waals surface area contributed by atoms with Crippen molar-refractivity contribution < 1.29 is 14.7 Å². The maximum absolute atomic E-state index is 11.3. The molecule has 1 unspecified atom stereocenters. The normalized spacial score (nSPS) is 24.2. The van der Waals surface area contributed by atoms with Crippen LogP contribution in [0.2, 0.25) is 0 Å². The lowest BCUT2D eigenvalue weighted by molar-refractivity contribution is -0.142. The van der Waals surface area contributed by atoms with Gasteiger partial charge in [0.2, 0.25) is 5.91 Å². The van der Waals surface area contributed by atoms with Gasteiger partial charge in [-0.3, -0.25) is 9.59 Å². The minimum absolute atomic E-state index is 0.0220. The largest absolute Gasteiger partial charge is 0.481 e. The van der Waals surface area contributed by atoms with E-state index in [4.69, 9.17) is 5.11 Å². The van der Waals surface area contributed by atoms with Crippen LogP contribution in [-0.4, -0.2) is 48.1 Å². The van der Waals surface area contributed by atoms with E-state index in [1.807, 2.05) is 6.92 Å². The Labute approximate surface area is 76.7 Å². The molecule has 1 saturated heterocycles. The fraction of sp³-hybridized carbons (Fsp3) is 0.750. The summed E-state index contributed by atoms with van der Waals surface area (Å²) in [5.74, 6) is -1.35. The van der Waals surface area contributed by atoms with E-state index in [1.54, 1.807) is 4.90 Å². The number of carboxylic acids is 1. The Morgan fingerprint density at radius 3 is 3.00 bits per heavy atom. The zero-order chi connectivity index (χ0) is 9.84. The highest BCUT2D eigenvalue weighted by atomic mass is 16.4. The van der Waals surface area contributed by atoms with Crippen molar-refractivity contribution in [3.63, 3.8) is 0 Å². The van der Waals surface area contributed by atoms with Crippen molar-refractivity contribution in [2.45, 2.75) is 6.92 Å². The van der Waals surface area contributed by atoms with Gasteiger partial charge in [0.25, 0.3) is 0 Å². The van der Waals surface area contributed by atoms with E-state index in [1.165, 1.54) is 0 Å². The molecule has 1 heterocycles. The van der Waals surface area contributed by atoms with Crippen LogP contribution in [0.4, 0.5) is 0 Å². The first-order chi connectivity index (χ1) is 6.15. The molecule has 0 aliphatic carbocycles. The Hall–Kier alpha value is -1.10. The summed E-state index contributed by atoms with van der Waals surface area (Å²) in [5, 5.41) is 11.6. The number of carbonyl (C=O) groups is 2. The molecule has 0 aromatic heterocycles. The van der Waals surface area contributed by atoms with Crippen LogP contribution in [0.1, 0.15) is 6.92 Å². The van der Waals surface area contributed by atoms with Crippen molar-refractivity contribution in [1.82, 2.24) is 10.2 Å². The lowest BCUT2D eigenvalue weighted by Crippen LogP contribution is -2.36. The summed E-state index contributed by atoms with van der Waals surface area (Å²) in [5.41, 5.74) is 0. The minimum Gasteiger partial charge on any atom is -0.481 e. The molecule has 5 nitrogen and oxygen atoms in total. The molecule has 0 spiro atoms. The third-order valence-electron chi connectivity index (χ3n) is 2.19. The maximum Gasteiger partial charge on any atom is 0.309 e. The second-order valence-corrected chi connectivity index (χ2v) is 3.10. The van der Waals surface area contributed by atoms with Gasteiger partial charge in [0.05, 0.1) is 12.5 Å². The van der Waals surface area contributed by atoms with Crippen LogP contribution in [0.3, 0.4) is 0 Å². The summed E-state index contributed by atoms with van der Waals surface area (Å²) in [6, 6.07) is 0. The number of amides is 1. The van der Waals surface area contributed by atoms with Crippen molar-refractivity contribution in [1.29, 1.82) is 0 Å². The highest BCUT2D eigenvalue weighted by Gasteiger charge is 2.26. The van der Waals surface area contributed by atoms with Gasteiger partial charge in [-0.2, -0.15) is 0 Å². The molecule has 0 radical (unpaired) electrons. The van der Waals surface area contributed by atoms with Gasteiger partial charge >= 0.3 is 5.97 Å². The summed E-state index contributed by atoms with van der Waals surface area (Å²) in [6.07, 6.45) is 0. The van der Waals surface area contributed by atoms with Crippen LogP contribution in [0.25, 0.3) is 0 Å². The molecule has 74 valence electrons. The molecule has 13 heavy (non-hydrogen) atoms. The van der Waals surface area contributed by atoms with Crippen LogP contribution in [0, 0.1) is 5.92 Å². The molecule has 1 rings (SSSR count). The van der Waals surface area contributed by atoms with Crippen LogP contribution in [0.15, 0.2) is 0 Å². The second kappa shape index (κ2) is 4.23. The molecular weight excluding hydrogens is 172 g/mol. The lowest BCUT2D eigenvalue weighted by Gasteiger charge is -2.19. The Morgan fingerprint density at radius 1 is 1.77 bits per heavy atom. The summed E-state index contributed by atoms with van der Waals surface area (Å²) in [6.45, 7) is 3.36. The number of nitrogens with one attached hydrogen (secondary N) is 1. The Bertz CT molecular complexity index is 217. The number of aliphatic carboxylic acids is 1. The van der Waals surface area contributed by atoms with E-state index in [0.29, 0.717) is 19.6 Å². The average Bonchev–Trinajstić information content (AvgIpc) is 2.27. The van der Waals surface area contributed by atoms with Crippen molar-refractivity contribution >= 4 is 11.9 Å².